The van der Waals surface area contributed by atoms with E-state index >= 15 is 0 Å². The number of benzene rings is 1. The highest BCUT2D eigenvalue weighted by Crippen LogP contribution is 2.25. The summed E-state index contributed by atoms with van der Waals surface area (Å²) >= 11 is 0. The van der Waals surface area contributed by atoms with Crippen molar-refractivity contribution in [3.63, 3.8) is 0 Å². The molecule has 4 nitrogen and oxygen atoms in total. The Labute approximate surface area is 105 Å². The summed E-state index contributed by atoms with van der Waals surface area (Å²) in [6.45, 7) is 1.76. The first-order valence-corrected chi connectivity index (χ1v) is 6.09. The van der Waals surface area contributed by atoms with Crippen LogP contribution in [0.15, 0.2) is 28.8 Å². The maximum atomic E-state index is 11.9. The minimum Gasteiger partial charge on any atom is -0.361 e. The second-order valence-corrected chi connectivity index (χ2v) is 4.61. The van der Waals surface area contributed by atoms with E-state index < -0.39 is 0 Å². The molecule has 4 heteroatoms. The third-order valence-corrected chi connectivity index (χ3v) is 3.22. The topological polar surface area (TPSA) is 55.1 Å². The van der Waals surface area contributed by atoms with Gasteiger partial charge in [0, 0.05) is 11.8 Å². The average molecular weight is 242 g/mol. The van der Waals surface area contributed by atoms with Gasteiger partial charge in [0.2, 0.25) is 0 Å². The number of nitrogens with one attached hydrogen (secondary N) is 1. The van der Waals surface area contributed by atoms with Crippen LogP contribution in [-0.2, 0) is 12.8 Å². The Morgan fingerprint density at radius 1 is 1.28 bits per heavy atom. The molecule has 1 aromatic heterocycles. The minimum atomic E-state index is -0.232. The van der Waals surface area contributed by atoms with Gasteiger partial charge in [0.05, 0.1) is 0 Å². The third-order valence-electron chi connectivity index (χ3n) is 3.22. The highest BCUT2D eigenvalue weighted by atomic mass is 16.5. The summed E-state index contributed by atoms with van der Waals surface area (Å²) in [7, 11) is 0. The van der Waals surface area contributed by atoms with E-state index in [1.165, 1.54) is 17.5 Å². The number of aryl methyl sites for hydroxylation is 3. The molecule has 0 fully saturated rings. The second-order valence-electron chi connectivity index (χ2n) is 4.61. The van der Waals surface area contributed by atoms with E-state index in [-0.39, 0.29) is 5.91 Å². The highest BCUT2D eigenvalue weighted by molar-refractivity contribution is 6.02. The standard InChI is InChI=1S/C14H14N2O2/c1-9-7-13(16-18-9)14(17)15-12-6-5-10-3-2-4-11(10)8-12/h5-8H,2-4H2,1H3,(H,15,17). The van der Waals surface area contributed by atoms with Gasteiger partial charge in [-0.2, -0.15) is 0 Å². The minimum absolute atomic E-state index is 0.232. The number of hydrogen-bond donors (Lipinski definition) is 1. The molecule has 1 aliphatic carbocycles. The van der Waals surface area contributed by atoms with Crippen LogP contribution in [0.2, 0.25) is 0 Å². The lowest BCUT2D eigenvalue weighted by atomic mass is 10.1. The van der Waals surface area contributed by atoms with E-state index in [0.29, 0.717) is 11.5 Å². The quantitative estimate of drug-likeness (QED) is 0.880. The number of aromatic nitrogens is 1. The first-order valence-electron chi connectivity index (χ1n) is 6.09. The molecule has 0 saturated heterocycles. The van der Waals surface area contributed by atoms with Crippen molar-refractivity contribution in [2.45, 2.75) is 26.2 Å². The normalized spacial score (nSPS) is 13.4. The molecular formula is C14H14N2O2. The summed E-state index contributed by atoms with van der Waals surface area (Å²) in [5.74, 6) is 0.402. The van der Waals surface area contributed by atoms with Gasteiger partial charge in [0.15, 0.2) is 5.69 Å². The number of rotatable bonds is 2. The van der Waals surface area contributed by atoms with Gasteiger partial charge in [-0.15, -0.1) is 0 Å². The fourth-order valence-corrected chi connectivity index (χ4v) is 2.32. The zero-order chi connectivity index (χ0) is 12.5. The van der Waals surface area contributed by atoms with E-state index in [2.05, 4.69) is 16.5 Å². The molecule has 0 aliphatic heterocycles. The molecule has 92 valence electrons. The zero-order valence-electron chi connectivity index (χ0n) is 10.2. The molecule has 1 aromatic carbocycles. The summed E-state index contributed by atoms with van der Waals surface area (Å²) in [4.78, 5) is 11.9. The van der Waals surface area contributed by atoms with Crippen LogP contribution in [0.3, 0.4) is 0 Å². The van der Waals surface area contributed by atoms with Gasteiger partial charge in [0.1, 0.15) is 5.76 Å². The summed E-state index contributed by atoms with van der Waals surface area (Å²) in [5, 5.41) is 6.54. The van der Waals surface area contributed by atoms with E-state index in [4.69, 9.17) is 4.52 Å². The molecule has 3 rings (SSSR count). The molecule has 0 spiro atoms. The van der Waals surface area contributed by atoms with Crippen molar-refractivity contribution in [1.82, 2.24) is 5.16 Å². The lowest BCUT2D eigenvalue weighted by Gasteiger charge is -2.05. The number of carbonyl (C=O) groups is 1. The number of nitrogens with zero attached hydrogens (tertiary/aromatic N) is 1. The molecule has 0 atom stereocenters. The third kappa shape index (κ3) is 2.01. The first kappa shape index (κ1) is 11.0. The first-order chi connectivity index (χ1) is 8.72. The van der Waals surface area contributed by atoms with Crippen LogP contribution in [0.5, 0.6) is 0 Å². The molecular weight excluding hydrogens is 228 g/mol. The Bertz CT molecular complexity index is 602. The average Bonchev–Trinajstić information content (AvgIpc) is 2.96. The second kappa shape index (κ2) is 4.29. The summed E-state index contributed by atoms with van der Waals surface area (Å²) in [6, 6.07) is 7.71. The van der Waals surface area contributed by atoms with E-state index in [0.717, 1.165) is 18.5 Å². The predicted octanol–water partition coefficient (Wildman–Crippen LogP) is 2.72. The maximum Gasteiger partial charge on any atom is 0.277 e. The molecule has 0 bridgehead atoms. The Morgan fingerprint density at radius 3 is 2.89 bits per heavy atom. The van der Waals surface area contributed by atoms with Crippen molar-refractivity contribution in [3.8, 4) is 0 Å². The van der Waals surface area contributed by atoms with Gasteiger partial charge in [-0.25, -0.2) is 0 Å². The molecule has 0 unspecified atom stereocenters. The Balaban J connectivity index is 1.78. The SMILES string of the molecule is Cc1cc(C(=O)Nc2ccc3c(c2)CCC3)no1. The molecule has 1 amide bonds. The maximum absolute atomic E-state index is 11.9. The molecule has 0 saturated carbocycles. The van der Waals surface area contributed by atoms with Crippen molar-refractivity contribution in [1.29, 1.82) is 0 Å². The van der Waals surface area contributed by atoms with Crippen molar-refractivity contribution < 1.29 is 9.32 Å². The fourth-order valence-electron chi connectivity index (χ4n) is 2.32. The summed E-state index contributed by atoms with van der Waals surface area (Å²) < 4.78 is 4.89. The van der Waals surface area contributed by atoms with Crippen molar-refractivity contribution in [3.05, 3.63) is 46.8 Å². The molecule has 18 heavy (non-hydrogen) atoms. The molecule has 1 aliphatic rings. The van der Waals surface area contributed by atoms with Crippen LogP contribution in [0.25, 0.3) is 0 Å². The van der Waals surface area contributed by atoms with Gasteiger partial charge in [-0.1, -0.05) is 11.2 Å². The molecule has 0 radical (unpaired) electrons. The number of carbonyl (C=O) groups excluding carboxylic acids is 1. The number of hydrogen-bond acceptors (Lipinski definition) is 3. The summed E-state index contributed by atoms with van der Waals surface area (Å²) in [5.41, 5.74) is 3.86. The molecule has 2 aromatic rings. The Kier molecular flexibility index (Phi) is 2.63. The van der Waals surface area contributed by atoms with E-state index in [9.17, 15) is 4.79 Å². The lowest BCUT2D eigenvalue weighted by molar-refractivity contribution is 0.101. The summed E-state index contributed by atoms with van der Waals surface area (Å²) in [6.07, 6.45) is 3.45. The van der Waals surface area contributed by atoms with Crippen LogP contribution in [0, 0.1) is 6.92 Å². The molecule has 1 N–H and O–H groups in total. The van der Waals surface area contributed by atoms with Crippen molar-refractivity contribution in [2.24, 2.45) is 0 Å². The van der Waals surface area contributed by atoms with Crippen LogP contribution >= 0.6 is 0 Å². The Morgan fingerprint density at radius 2 is 2.11 bits per heavy atom. The lowest BCUT2D eigenvalue weighted by Crippen LogP contribution is -2.12. The largest absolute Gasteiger partial charge is 0.361 e. The van der Waals surface area contributed by atoms with Crippen LogP contribution in [0.4, 0.5) is 5.69 Å². The van der Waals surface area contributed by atoms with Crippen LogP contribution in [-0.4, -0.2) is 11.1 Å². The van der Waals surface area contributed by atoms with Gasteiger partial charge in [0.25, 0.3) is 5.91 Å². The number of fused-ring (bicyclic) bond motifs is 1. The van der Waals surface area contributed by atoms with Gasteiger partial charge in [-0.05, 0) is 49.4 Å². The monoisotopic (exact) mass is 242 g/mol. The smallest absolute Gasteiger partial charge is 0.277 e. The predicted molar refractivity (Wildman–Crippen MR) is 67.7 cm³/mol. The van der Waals surface area contributed by atoms with Crippen LogP contribution < -0.4 is 5.32 Å². The number of anilines is 1. The number of amides is 1. The van der Waals surface area contributed by atoms with Crippen LogP contribution in [0.1, 0.15) is 33.8 Å². The highest BCUT2D eigenvalue weighted by Gasteiger charge is 2.14. The van der Waals surface area contributed by atoms with E-state index in [1.807, 2.05) is 12.1 Å². The van der Waals surface area contributed by atoms with Gasteiger partial charge >= 0.3 is 0 Å². The van der Waals surface area contributed by atoms with Crippen molar-refractivity contribution in [2.75, 3.05) is 5.32 Å². The van der Waals surface area contributed by atoms with Gasteiger partial charge in [-0.3, -0.25) is 4.79 Å². The van der Waals surface area contributed by atoms with Gasteiger partial charge < -0.3 is 9.84 Å². The van der Waals surface area contributed by atoms with Crippen molar-refractivity contribution >= 4 is 11.6 Å². The Hall–Kier alpha value is -2.10. The van der Waals surface area contributed by atoms with E-state index in [1.54, 1.807) is 13.0 Å². The fraction of sp³-hybridized carbons (Fsp3) is 0.286. The zero-order valence-corrected chi connectivity index (χ0v) is 10.2. The molecule has 1 heterocycles.